The minimum atomic E-state index is -0.195. The number of hydrogen-bond acceptors (Lipinski definition) is 3. The van der Waals surface area contributed by atoms with Crippen molar-refractivity contribution in [2.75, 3.05) is 5.32 Å². The molecule has 0 spiro atoms. The van der Waals surface area contributed by atoms with Gasteiger partial charge in [0.15, 0.2) is 5.82 Å². The first-order chi connectivity index (χ1) is 14.7. The topological polar surface area (TPSA) is 75.6 Å². The Morgan fingerprint density at radius 2 is 2.00 bits per heavy atom. The molecule has 5 rings (SSSR count). The third kappa shape index (κ3) is 2.93. The van der Waals surface area contributed by atoms with Crippen LogP contribution in [0.4, 0.5) is 5.69 Å². The van der Waals surface area contributed by atoms with Crippen LogP contribution in [0.5, 0.6) is 0 Å². The molecule has 0 bridgehead atoms. The molecule has 148 valence electrons. The second-order valence-electron chi connectivity index (χ2n) is 7.28. The number of nitrogens with zero attached hydrogens (tertiary/aromatic N) is 3. The molecule has 0 aliphatic rings. The first kappa shape index (κ1) is 18.1. The number of amides is 1. The van der Waals surface area contributed by atoms with Crippen molar-refractivity contribution < 1.29 is 4.79 Å². The van der Waals surface area contributed by atoms with Crippen molar-refractivity contribution in [3.8, 4) is 5.82 Å². The number of H-pyrrole nitrogens is 1. The van der Waals surface area contributed by atoms with Crippen molar-refractivity contribution in [3.63, 3.8) is 0 Å². The van der Waals surface area contributed by atoms with E-state index >= 15 is 0 Å². The second kappa shape index (κ2) is 7.15. The molecule has 0 aliphatic carbocycles. The molecule has 6 nitrogen and oxygen atoms in total. The van der Waals surface area contributed by atoms with Gasteiger partial charge in [0.2, 0.25) is 0 Å². The summed E-state index contributed by atoms with van der Waals surface area (Å²) in [6.45, 7) is 4.02. The number of hydrogen-bond donors (Lipinski definition) is 2. The van der Waals surface area contributed by atoms with E-state index in [9.17, 15) is 4.79 Å². The predicted octanol–water partition coefficient (Wildman–Crippen LogP) is 5.02. The molecule has 2 aromatic carbocycles. The summed E-state index contributed by atoms with van der Waals surface area (Å²) < 4.78 is 1.67. The summed E-state index contributed by atoms with van der Waals surface area (Å²) in [6.07, 6.45) is 4.25. The van der Waals surface area contributed by atoms with E-state index in [-0.39, 0.29) is 5.91 Å². The number of aryl methyl sites for hydroxylation is 1. The van der Waals surface area contributed by atoms with Crippen molar-refractivity contribution in [1.29, 1.82) is 0 Å². The minimum absolute atomic E-state index is 0.195. The molecule has 30 heavy (non-hydrogen) atoms. The number of carbonyl (C=O) groups excluding carboxylic acids is 1. The average Bonchev–Trinajstić information content (AvgIpc) is 3.34. The zero-order chi connectivity index (χ0) is 20.7. The molecule has 0 saturated heterocycles. The van der Waals surface area contributed by atoms with Crippen molar-refractivity contribution >= 4 is 33.4 Å². The van der Waals surface area contributed by atoms with Crippen LogP contribution in [0.3, 0.4) is 0 Å². The van der Waals surface area contributed by atoms with Gasteiger partial charge in [-0.3, -0.25) is 4.79 Å². The lowest BCUT2D eigenvalue weighted by atomic mass is 10.1. The molecule has 0 aliphatic heterocycles. The first-order valence-electron chi connectivity index (χ1n) is 9.96. The molecule has 2 N–H and O–H groups in total. The third-order valence-electron chi connectivity index (χ3n) is 5.48. The fourth-order valence-corrected chi connectivity index (χ4v) is 3.90. The number of para-hydroxylation sites is 1. The van der Waals surface area contributed by atoms with Crippen LogP contribution in [-0.4, -0.2) is 25.7 Å². The van der Waals surface area contributed by atoms with E-state index in [4.69, 9.17) is 0 Å². The van der Waals surface area contributed by atoms with Crippen LogP contribution in [0.1, 0.15) is 28.5 Å². The molecule has 0 saturated carbocycles. The largest absolute Gasteiger partial charge is 0.354 e. The van der Waals surface area contributed by atoms with Crippen LogP contribution < -0.4 is 5.32 Å². The molecule has 0 unspecified atom stereocenters. The van der Waals surface area contributed by atoms with Gasteiger partial charge in [-0.25, -0.2) is 9.67 Å². The Hall–Kier alpha value is -3.93. The van der Waals surface area contributed by atoms with Gasteiger partial charge < -0.3 is 10.3 Å². The Morgan fingerprint density at radius 1 is 1.10 bits per heavy atom. The summed E-state index contributed by atoms with van der Waals surface area (Å²) in [4.78, 5) is 20.7. The van der Waals surface area contributed by atoms with Crippen LogP contribution in [-0.2, 0) is 6.42 Å². The van der Waals surface area contributed by atoms with Crippen LogP contribution in [0.15, 0.2) is 67.0 Å². The summed E-state index contributed by atoms with van der Waals surface area (Å²) in [7, 11) is 0. The lowest BCUT2D eigenvalue weighted by Crippen LogP contribution is -2.13. The highest BCUT2D eigenvalue weighted by molar-refractivity contribution is 6.10. The molecule has 6 heteroatoms. The van der Waals surface area contributed by atoms with Gasteiger partial charge in [-0.2, -0.15) is 5.10 Å². The summed E-state index contributed by atoms with van der Waals surface area (Å²) in [5.41, 5.74) is 5.45. The maximum atomic E-state index is 12.9. The zero-order valence-electron chi connectivity index (χ0n) is 16.8. The van der Waals surface area contributed by atoms with E-state index < -0.39 is 0 Å². The predicted molar refractivity (Wildman–Crippen MR) is 119 cm³/mol. The lowest BCUT2D eigenvalue weighted by Gasteiger charge is -2.06. The summed E-state index contributed by atoms with van der Waals surface area (Å²) in [5.74, 6) is 0.486. The first-order valence-corrected chi connectivity index (χ1v) is 9.96. The van der Waals surface area contributed by atoms with Gasteiger partial charge in [0, 0.05) is 33.7 Å². The maximum Gasteiger partial charge on any atom is 0.259 e. The van der Waals surface area contributed by atoms with E-state index in [1.54, 1.807) is 17.1 Å². The minimum Gasteiger partial charge on any atom is -0.354 e. The number of benzene rings is 2. The molecular formula is C24H21N5O. The molecule has 0 atom stereocenters. The highest BCUT2D eigenvalue weighted by atomic mass is 16.1. The number of pyridine rings is 1. The smallest absolute Gasteiger partial charge is 0.259 e. The summed E-state index contributed by atoms with van der Waals surface area (Å²) >= 11 is 0. The normalized spacial score (nSPS) is 11.3. The SMILES string of the molecule is CCc1cccc2c1[nH]c1cc(NC(=O)c3cnn(-c4ccccn4)c3C)ccc12. The number of aromatic amines is 1. The summed E-state index contributed by atoms with van der Waals surface area (Å²) in [6, 6.07) is 17.9. The van der Waals surface area contributed by atoms with E-state index in [1.165, 1.54) is 10.9 Å². The van der Waals surface area contributed by atoms with Gasteiger partial charge in [0.05, 0.1) is 17.5 Å². The standard InChI is InChI=1S/C24H21N5O/c1-3-16-7-6-8-19-18-11-10-17(13-21(18)28-23(16)19)27-24(30)20-14-26-29(15(20)2)22-9-4-5-12-25-22/h4-14,28H,3H2,1-2H3,(H,27,30). The number of carbonyl (C=O) groups is 1. The van der Waals surface area contributed by atoms with E-state index in [0.717, 1.165) is 34.2 Å². The quantitative estimate of drug-likeness (QED) is 0.448. The van der Waals surface area contributed by atoms with Crippen molar-refractivity contribution in [1.82, 2.24) is 19.7 Å². The Morgan fingerprint density at radius 3 is 2.80 bits per heavy atom. The molecule has 3 heterocycles. The molecule has 0 fully saturated rings. The van der Waals surface area contributed by atoms with Crippen molar-refractivity contribution in [2.24, 2.45) is 0 Å². The van der Waals surface area contributed by atoms with Gasteiger partial charge in [-0.05, 0) is 43.2 Å². The Labute approximate surface area is 173 Å². The number of rotatable bonds is 4. The van der Waals surface area contributed by atoms with Gasteiger partial charge in [0.25, 0.3) is 5.91 Å². The average molecular weight is 395 g/mol. The second-order valence-corrected chi connectivity index (χ2v) is 7.28. The molecule has 0 radical (unpaired) electrons. The van der Waals surface area contributed by atoms with E-state index in [1.807, 2.05) is 43.3 Å². The number of anilines is 1. The van der Waals surface area contributed by atoms with Crippen LogP contribution in [0, 0.1) is 6.92 Å². The molecule has 1 amide bonds. The van der Waals surface area contributed by atoms with Gasteiger partial charge in [0.1, 0.15) is 0 Å². The van der Waals surface area contributed by atoms with Gasteiger partial charge >= 0.3 is 0 Å². The monoisotopic (exact) mass is 395 g/mol. The molecule has 3 aromatic heterocycles. The fraction of sp³-hybridized carbons (Fsp3) is 0.125. The number of fused-ring (bicyclic) bond motifs is 3. The van der Waals surface area contributed by atoms with E-state index in [0.29, 0.717) is 11.4 Å². The van der Waals surface area contributed by atoms with Crippen molar-refractivity contribution in [3.05, 3.63) is 83.8 Å². The van der Waals surface area contributed by atoms with Gasteiger partial charge in [-0.15, -0.1) is 0 Å². The Kier molecular flexibility index (Phi) is 4.32. The van der Waals surface area contributed by atoms with Crippen LogP contribution in [0.25, 0.3) is 27.6 Å². The van der Waals surface area contributed by atoms with Crippen LogP contribution in [0.2, 0.25) is 0 Å². The van der Waals surface area contributed by atoms with Crippen molar-refractivity contribution in [2.45, 2.75) is 20.3 Å². The fourth-order valence-electron chi connectivity index (χ4n) is 3.90. The summed E-state index contributed by atoms with van der Waals surface area (Å²) in [5, 5.41) is 9.68. The number of nitrogens with one attached hydrogen (secondary N) is 2. The third-order valence-corrected chi connectivity index (χ3v) is 5.48. The van der Waals surface area contributed by atoms with Crippen LogP contribution >= 0.6 is 0 Å². The Balaban J connectivity index is 1.46. The highest BCUT2D eigenvalue weighted by Gasteiger charge is 2.16. The van der Waals surface area contributed by atoms with E-state index in [2.05, 4.69) is 45.5 Å². The number of aromatic nitrogens is 4. The van der Waals surface area contributed by atoms with Gasteiger partial charge in [-0.1, -0.05) is 37.3 Å². The molecular weight excluding hydrogens is 374 g/mol. The lowest BCUT2D eigenvalue weighted by molar-refractivity contribution is 0.102. The zero-order valence-corrected chi connectivity index (χ0v) is 16.8. The maximum absolute atomic E-state index is 12.9. The highest BCUT2D eigenvalue weighted by Crippen LogP contribution is 2.30. The Bertz CT molecular complexity index is 1380. The molecule has 5 aromatic rings.